The summed E-state index contributed by atoms with van der Waals surface area (Å²) in [5, 5.41) is 8.02. The van der Waals surface area contributed by atoms with E-state index in [1.54, 1.807) is 0 Å². The fourth-order valence-electron chi connectivity index (χ4n) is 10.4. The second-order valence-corrected chi connectivity index (χ2v) is 17.7. The minimum Gasteiger partial charge on any atom is -0.455 e. The highest BCUT2D eigenvalue weighted by molar-refractivity contribution is 6.29. The molecule has 6 nitrogen and oxygen atoms in total. The van der Waals surface area contributed by atoms with Crippen LogP contribution in [0, 0.1) is 0 Å². The van der Waals surface area contributed by atoms with Crippen LogP contribution in [0.2, 0.25) is 0 Å². The molecule has 0 bridgehead atoms. The van der Waals surface area contributed by atoms with Crippen molar-refractivity contribution in [2.24, 2.45) is 0 Å². The van der Waals surface area contributed by atoms with Crippen molar-refractivity contribution >= 4 is 65.4 Å². The van der Waals surface area contributed by atoms with Gasteiger partial charge in [0.1, 0.15) is 11.2 Å². The molecule has 0 N–H and O–H groups in total. The molecular weight excluding hydrogens is 855 g/mol. The lowest BCUT2D eigenvalue weighted by Gasteiger charge is -2.15. The SMILES string of the molecule is c1ccc(-c2nc(-c3ccc(-c4cccc5c4nc(-c4ccccc4)c4c5ccc5c4c4ccccc4n5-c4ccccc4)cc3)nc(-c3ccc(-c4cccc5c4oc4ccccc45)cc3)n2)cc1. The zero-order valence-electron chi connectivity index (χ0n) is 37.7. The molecule has 6 heteroatoms. The predicted molar refractivity (Wildman–Crippen MR) is 287 cm³/mol. The summed E-state index contributed by atoms with van der Waals surface area (Å²) in [5.74, 6) is 1.81. The van der Waals surface area contributed by atoms with Crippen LogP contribution in [0.15, 0.2) is 241 Å². The van der Waals surface area contributed by atoms with Crippen molar-refractivity contribution < 1.29 is 4.42 Å². The Morgan fingerprint density at radius 1 is 0.300 bits per heavy atom. The lowest BCUT2D eigenvalue weighted by atomic mass is 9.93. The number of nitrogens with zero attached hydrogens (tertiary/aromatic N) is 5. The molecule has 326 valence electrons. The molecule has 0 aliphatic carbocycles. The average Bonchev–Trinajstić information content (AvgIpc) is 4.00. The first-order valence-electron chi connectivity index (χ1n) is 23.5. The number of pyridine rings is 1. The number of hydrogen-bond acceptors (Lipinski definition) is 5. The van der Waals surface area contributed by atoms with Crippen molar-refractivity contribution in [2.75, 3.05) is 0 Å². The van der Waals surface area contributed by atoms with Gasteiger partial charge in [0.2, 0.25) is 0 Å². The molecule has 0 aliphatic rings. The van der Waals surface area contributed by atoms with E-state index in [4.69, 9.17) is 24.4 Å². The number of rotatable bonds is 7. The van der Waals surface area contributed by atoms with Crippen LogP contribution in [-0.4, -0.2) is 24.5 Å². The molecule has 0 aliphatic heterocycles. The van der Waals surface area contributed by atoms with E-state index in [1.807, 2.05) is 48.5 Å². The molecular formula is C64H39N5O. The Kier molecular flexibility index (Phi) is 9.10. The Balaban J connectivity index is 0.887. The van der Waals surface area contributed by atoms with Crippen LogP contribution in [0.5, 0.6) is 0 Å². The largest absolute Gasteiger partial charge is 0.455 e. The quantitative estimate of drug-likeness (QED) is 0.149. The first-order chi connectivity index (χ1) is 34.7. The van der Waals surface area contributed by atoms with Gasteiger partial charge in [0, 0.05) is 71.4 Å². The minimum absolute atomic E-state index is 0.596. The summed E-state index contributed by atoms with van der Waals surface area (Å²) in [7, 11) is 0. The number of para-hydroxylation sites is 5. The van der Waals surface area contributed by atoms with Gasteiger partial charge in [-0.2, -0.15) is 0 Å². The number of hydrogen-bond donors (Lipinski definition) is 0. The van der Waals surface area contributed by atoms with E-state index in [-0.39, 0.29) is 0 Å². The number of benzene rings is 10. The highest BCUT2D eigenvalue weighted by Gasteiger charge is 2.22. The van der Waals surface area contributed by atoms with E-state index in [9.17, 15) is 0 Å². The van der Waals surface area contributed by atoms with E-state index in [0.29, 0.717) is 17.5 Å². The molecule has 70 heavy (non-hydrogen) atoms. The molecule has 4 aromatic heterocycles. The van der Waals surface area contributed by atoms with Gasteiger partial charge >= 0.3 is 0 Å². The molecule has 0 amide bonds. The average molecular weight is 894 g/mol. The van der Waals surface area contributed by atoms with Gasteiger partial charge in [0.25, 0.3) is 0 Å². The summed E-state index contributed by atoms with van der Waals surface area (Å²) in [6.45, 7) is 0. The zero-order chi connectivity index (χ0) is 46.1. The maximum Gasteiger partial charge on any atom is 0.164 e. The van der Waals surface area contributed by atoms with Crippen LogP contribution in [0.25, 0.3) is 139 Å². The van der Waals surface area contributed by atoms with Crippen molar-refractivity contribution in [1.29, 1.82) is 0 Å². The van der Waals surface area contributed by atoms with Crippen LogP contribution in [0.4, 0.5) is 0 Å². The van der Waals surface area contributed by atoms with Crippen molar-refractivity contribution in [3.63, 3.8) is 0 Å². The molecule has 0 atom stereocenters. The summed E-state index contributed by atoms with van der Waals surface area (Å²) >= 11 is 0. The molecule has 0 spiro atoms. The summed E-state index contributed by atoms with van der Waals surface area (Å²) in [5.41, 5.74) is 15.1. The number of aromatic nitrogens is 5. The minimum atomic E-state index is 0.596. The molecule has 14 aromatic rings. The number of furan rings is 1. The molecule has 0 saturated heterocycles. The third-order valence-corrected chi connectivity index (χ3v) is 13.7. The molecule has 4 heterocycles. The number of fused-ring (bicyclic) bond motifs is 10. The van der Waals surface area contributed by atoms with Gasteiger partial charge in [-0.25, -0.2) is 19.9 Å². The first kappa shape index (κ1) is 39.6. The first-order valence-corrected chi connectivity index (χ1v) is 23.5. The molecule has 14 rings (SSSR count). The van der Waals surface area contributed by atoms with E-state index in [0.717, 1.165) is 111 Å². The Morgan fingerprint density at radius 2 is 0.814 bits per heavy atom. The van der Waals surface area contributed by atoms with E-state index in [1.165, 1.54) is 10.8 Å². The van der Waals surface area contributed by atoms with Crippen molar-refractivity contribution in [1.82, 2.24) is 24.5 Å². The Labute approximate surface area is 402 Å². The van der Waals surface area contributed by atoms with Crippen molar-refractivity contribution in [3.05, 3.63) is 237 Å². The van der Waals surface area contributed by atoms with Gasteiger partial charge in [0.15, 0.2) is 17.5 Å². The lowest BCUT2D eigenvalue weighted by Crippen LogP contribution is -2.00. The summed E-state index contributed by atoms with van der Waals surface area (Å²) in [6.07, 6.45) is 0. The third kappa shape index (κ3) is 6.42. The fraction of sp³-hybridized carbons (Fsp3) is 0. The molecule has 0 unspecified atom stereocenters. The second kappa shape index (κ2) is 16.1. The maximum absolute atomic E-state index is 6.38. The maximum atomic E-state index is 6.38. The van der Waals surface area contributed by atoms with Crippen LogP contribution in [0.3, 0.4) is 0 Å². The van der Waals surface area contributed by atoms with E-state index < -0.39 is 0 Å². The molecule has 0 saturated carbocycles. The van der Waals surface area contributed by atoms with Gasteiger partial charge in [-0.15, -0.1) is 0 Å². The van der Waals surface area contributed by atoms with Gasteiger partial charge in [-0.3, -0.25) is 0 Å². The smallest absolute Gasteiger partial charge is 0.164 e. The van der Waals surface area contributed by atoms with Gasteiger partial charge < -0.3 is 8.98 Å². The van der Waals surface area contributed by atoms with Crippen LogP contribution >= 0.6 is 0 Å². The van der Waals surface area contributed by atoms with Crippen LogP contribution < -0.4 is 0 Å². The Bertz CT molecular complexity index is 4320. The van der Waals surface area contributed by atoms with Crippen molar-refractivity contribution in [2.45, 2.75) is 0 Å². The molecule has 10 aromatic carbocycles. The highest BCUT2D eigenvalue weighted by Crippen LogP contribution is 2.44. The molecule has 0 fully saturated rings. The summed E-state index contributed by atoms with van der Waals surface area (Å²) in [6, 6.07) is 82.6. The normalized spacial score (nSPS) is 11.7. The molecule has 0 radical (unpaired) electrons. The highest BCUT2D eigenvalue weighted by atomic mass is 16.3. The zero-order valence-corrected chi connectivity index (χ0v) is 37.7. The summed E-state index contributed by atoms with van der Waals surface area (Å²) < 4.78 is 8.76. The van der Waals surface area contributed by atoms with E-state index in [2.05, 4.69) is 193 Å². The Morgan fingerprint density at radius 3 is 1.50 bits per heavy atom. The van der Waals surface area contributed by atoms with Crippen LogP contribution in [0.1, 0.15) is 0 Å². The van der Waals surface area contributed by atoms with Crippen LogP contribution in [-0.2, 0) is 0 Å². The van der Waals surface area contributed by atoms with Gasteiger partial charge in [0.05, 0.1) is 22.2 Å². The van der Waals surface area contributed by atoms with Crippen molar-refractivity contribution in [3.8, 4) is 73.4 Å². The second-order valence-electron chi connectivity index (χ2n) is 17.7. The standard InChI is InChI=1S/C64H39N5O/c1-4-16-42(17-5-1)59-58-50(38-39-55-57(58)53-23-10-12-28-54(53)69(55)46-20-8-3-9-21-46)51-26-14-24-47(60(51)65-59)40-30-34-44(35-31-40)63-66-62(43-18-6-2-7-19-43)67-64(68-63)45-36-32-41(33-37-45)48-25-15-27-52-49-22-11-13-29-56(49)70-61(48)52/h1-39H. The topological polar surface area (TPSA) is 69.6 Å². The summed E-state index contributed by atoms with van der Waals surface area (Å²) in [4.78, 5) is 20.9. The fourth-order valence-corrected chi connectivity index (χ4v) is 10.4. The monoisotopic (exact) mass is 893 g/mol. The lowest BCUT2D eigenvalue weighted by molar-refractivity contribution is 0.670. The third-order valence-electron chi connectivity index (χ3n) is 13.7. The predicted octanol–water partition coefficient (Wildman–Crippen LogP) is 16.6. The van der Waals surface area contributed by atoms with E-state index >= 15 is 0 Å². The Hall–Kier alpha value is -9.52. The van der Waals surface area contributed by atoms with Gasteiger partial charge in [-0.1, -0.05) is 206 Å². The van der Waals surface area contributed by atoms with Gasteiger partial charge in [-0.05, 0) is 46.8 Å².